The molecule has 1 fully saturated rings. The number of benzene rings is 1. The topological polar surface area (TPSA) is 29.5 Å². The van der Waals surface area contributed by atoms with Gasteiger partial charge in [0.25, 0.3) is 0 Å². The van der Waals surface area contributed by atoms with Crippen LogP contribution in [0, 0.1) is 19.8 Å². The van der Waals surface area contributed by atoms with Crippen molar-refractivity contribution < 1.29 is 13.9 Å². The molecule has 7 heteroatoms. The van der Waals surface area contributed by atoms with Gasteiger partial charge in [-0.1, -0.05) is 12.1 Å². The standard InChI is InChI=1S/C20H28FNO2S.2H2S/c1-14-9-16-3-6-22-12-17(4-7-24-13-25-8-5-21)20(23)11-19(22)18(16)10-15(14)2;;/h9-10,17,19H,3-8,11-13H2,1-2H3;2*1H2/t17-,19-;;/m0../s1/i21-1;;. The van der Waals surface area contributed by atoms with E-state index in [9.17, 15) is 9.18 Å². The number of nitrogens with zero attached hydrogens (tertiary/aromatic N) is 1. The summed E-state index contributed by atoms with van der Waals surface area (Å²) in [4.78, 5) is 15.1. The van der Waals surface area contributed by atoms with Crippen LogP contribution >= 0.6 is 38.8 Å². The van der Waals surface area contributed by atoms with Crippen LogP contribution < -0.4 is 0 Å². The molecule has 154 valence electrons. The molecule has 27 heavy (non-hydrogen) atoms. The molecule has 2 heterocycles. The molecule has 1 saturated heterocycles. The molecule has 0 spiro atoms. The summed E-state index contributed by atoms with van der Waals surface area (Å²) in [5, 5.41) is 0. The molecule has 0 radical (unpaired) electrons. The van der Waals surface area contributed by atoms with Gasteiger partial charge in [-0.25, -0.2) is 0 Å². The van der Waals surface area contributed by atoms with Crippen LogP contribution in [0.25, 0.3) is 0 Å². The van der Waals surface area contributed by atoms with Crippen LogP contribution in [-0.2, 0) is 16.0 Å². The molecule has 1 aromatic carbocycles. The second-order valence-electron chi connectivity index (χ2n) is 7.18. The van der Waals surface area contributed by atoms with Crippen molar-refractivity contribution in [1.29, 1.82) is 0 Å². The SMILES string of the molecule is Cc1cc2c(cc1C)[C@@H]1CC(=O)[C@@H](CCOCSCC[18F])CN1CC2.S.S. The number of hydrogen-bond donors (Lipinski definition) is 0. The van der Waals surface area contributed by atoms with Gasteiger partial charge in [-0.15, -0.1) is 11.8 Å². The van der Waals surface area contributed by atoms with E-state index in [-0.39, 0.29) is 45.6 Å². The van der Waals surface area contributed by atoms with Crippen LogP contribution in [0.1, 0.15) is 41.1 Å². The van der Waals surface area contributed by atoms with Crippen molar-refractivity contribution in [2.45, 2.75) is 39.2 Å². The van der Waals surface area contributed by atoms with E-state index < -0.39 is 0 Å². The van der Waals surface area contributed by atoms with Gasteiger partial charge in [0.05, 0.1) is 12.6 Å². The molecule has 0 N–H and O–H groups in total. The molecule has 0 amide bonds. The van der Waals surface area contributed by atoms with Crippen LogP contribution in [-0.4, -0.2) is 48.7 Å². The lowest BCUT2D eigenvalue weighted by Gasteiger charge is -2.43. The minimum absolute atomic E-state index is 0. The average Bonchev–Trinajstić information content (AvgIpc) is 2.60. The number of ketones is 1. The van der Waals surface area contributed by atoms with E-state index in [4.69, 9.17) is 4.74 Å². The van der Waals surface area contributed by atoms with Crippen molar-refractivity contribution in [2.24, 2.45) is 5.92 Å². The molecule has 3 nitrogen and oxygen atoms in total. The second kappa shape index (κ2) is 11.7. The predicted molar refractivity (Wildman–Crippen MR) is 122 cm³/mol. The fourth-order valence-corrected chi connectivity index (χ4v) is 4.41. The van der Waals surface area contributed by atoms with Crippen molar-refractivity contribution >= 4 is 44.5 Å². The molecular weight excluding hydrogens is 400 g/mol. The van der Waals surface area contributed by atoms with Gasteiger partial charge in [0, 0.05) is 43.8 Å². The lowest BCUT2D eigenvalue weighted by Crippen LogP contribution is -2.46. The molecule has 3 rings (SSSR count). The first-order valence-electron chi connectivity index (χ1n) is 9.18. The van der Waals surface area contributed by atoms with E-state index >= 15 is 0 Å². The van der Waals surface area contributed by atoms with Gasteiger partial charge in [-0.05, 0) is 48.9 Å². The van der Waals surface area contributed by atoms with Crippen molar-refractivity contribution in [2.75, 3.05) is 38.1 Å². The number of alkyl halides is 1. The largest absolute Gasteiger partial charge is 0.371 e. The molecule has 2 atom stereocenters. The average molecular weight is 433 g/mol. The number of thioether (sulfide) groups is 1. The van der Waals surface area contributed by atoms with Gasteiger partial charge in [0.2, 0.25) is 0 Å². The summed E-state index contributed by atoms with van der Waals surface area (Å²) in [7, 11) is 0. The Hall–Kier alpha value is -0.210. The molecular formula is C20H32FNO2S3. The van der Waals surface area contributed by atoms with Crippen LogP contribution in [0.3, 0.4) is 0 Å². The highest BCUT2D eigenvalue weighted by molar-refractivity contribution is 7.99. The van der Waals surface area contributed by atoms with E-state index in [0.717, 1.165) is 25.9 Å². The third kappa shape index (κ3) is 6.13. The van der Waals surface area contributed by atoms with E-state index in [1.165, 1.54) is 34.0 Å². The van der Waals surface area contributed by atoms with Crippen LogP contribution in [0.2, 0.25) is 0 Å². The number of carbonyl (C=O) groups is 1. The lowest BCUT2D eigenvalue weighted by atomic mass is 9.80. The van der Waals surface area contributed by atoms with Gasteiger partial charge in [-0.3, -0.25) is 14.1 Å². The normalized spacial score (nSPS) is 21.7. The molecule has 2 aliphatic rings. The van der Waals surface area contributed by atoms with Gasteiger partial charge < -0.3 is 4.74 Å². The first-order chi connectivity index (χ1) is 12.1. The van der Waals surface area contributed by atoms with Crippen molar-refractivity contribution in [3.63, 3.8) is 0 Å². The quantitative estimate of drug-likeness (QED) is 0.480. The summed E-state index contributed by atoms with van der Waals surface area (Å²) in [5.41, 5.74) is 5.44. The predicted octanol–water partition coefficient (Wildman–Crippen LogP) is 4.08. The maximum atomic E-state index is 12.6. The third-order valence-corrected chi connectivity index (χ3v) is 6.30. The van der Waals surface area contributed by atoms with Gasteiger partial charge >= 0.3 is 0 Å². The number of carbonyl (C=O) groups excluding carboxylic acids is 1. The lowest BCUT2D eigenvalue weighted by molar-refractivity contribution is -0.129. The molecule has 0 aliphatic carbocycles. The fourth-order valence-electron chi connectivity index (χ4n) is 3.95. The zero-order valence-electron chi connectivity index (χ0n) is 16.2. The second-order valence-corrected chi connectivity index (χ2v) is 8.23. The van der Waals surface area contributed by atoms with E-state index in [1.807, 2.05) is 0 Å². The van der Waals surface area contributed by atoms with Gasteiger partial charge in [0.15, 0.2) is 0 Å². The molecule has 1 aromatic rings. The maximum Gasteiger partial charge on any atom is 0.139 e. The Morgan fingerprint density at radius 2 is 2.00 bits per heavy atom. The number of ether oxygens (including phenoxy) is 1. The molecule has 0 aromatic heterocycles. The number of Topliss-reactive ketones (excluding diaryl/α,β-unsaturated/α-hetero) is 1. The molecule has 2 aliphatic heterocycles. The smallest absolute Gasteiger partial charge is 0.139 e. The Morgan fingerprint density at radius 3 is 2.74 bits per heavy atom. The number of rotatable bonds is 7. The van der Waals surface area contributed by atoms with E-state index in [2.05, 4.69) is 30.9 Å². The van der Waals surface area contributed by atoms with Gasteiger partial charge in [0.1, 0.15) is 5.78 Å². The Balaban J connectivity index is 0.00000182. The van der Waals surface area contributed by atoms with Crippen molar-refractivity contribution in [3.8, 4) is 0 Å². The third-order valence-electron chi connectivity index (χ3n) is 5.53. The molecule has 0 bridgehead atoms. The van der Waals surface area contributed by atoms with Crippen LogP contribution in [0.4, 0.5) is 4.39 Å². The molecule has 0 unspecified atom stereocenters. The summed E-state index contributed by atoms with van der Waals surface area (Å²) < 4.78 is 17.6. The summed E-state index contributed by atoms with van der Waals surface area (Å²) in [6.07, 6.45) is 2.47. The minimum Gasteiger partial charge on any atom is -0.371 e. The summed E-state index contributed by atoms with van der Waals surface area (Å²) in [5.74, 6) is 1.45. The minimum atomic E-state index is -0.314. The van der Waals surface area contributed by atoms with E-state index in [0.29, 0.717) is 30.5 Å². The first-order valence-corrected chi connectivity index (χ1v) is 10.3. The summed E-state index contributed by atoms with van der Waals surface area (Å²) >= 11 is 1.46. The molecule has 0 saturated carbocycles. The number of hydrogen-bond acceptors (Lipinski definition) is 4. The Labute approximate surface area is 180 Å². The first kappa shape index (κ1) is 24.8. The summed E-state index contributed by atoms with van der Waals surface area (Å²) in [6.45, 7) is 6.47. The zero-order chi connectivity index (χ0) is 17.8. The summed E-state index contributed by atoms with van der Waals surface area (Å²) in [6, 6.07) is 4.86. The Kier molecular flexibility index (Phi) is 10.8. The van der Waals surface area contributed by atoms with Crippen molar-refractivity contribution in [3.05, 3.63) is 34.4 Å². The van der Waals surface area contributed by atoms with Crippen molar-refractivity contribution in [1.82, 2.24) is 4.90 Å². The number of fused-ring (bicyclic) bond motifs is 3. The zero-order valence-corrected chi connectivity index (χ0v) is 19.0. The number of piperidine rings is 1. The van der Waals surface area contributed by atoms with E-state index in [1.54, 1.807) is 0 Å². The highest BCUT2D eigenvalue weighted by Gasteiger charge is 2.37. The highest BCUT2D eigenvalue weighted by Crippen LogP contribution is 2.38. The maximum absolute atomic E-state index is 12.6. The number of aryl methyl sites for hydroxylation is 2. The van der Waals surface area contributed by atoms with Crippen LogP contribution in [0.15, 0.2) is 12.1 Å². The van der Waals surface area contributed by atoms with Crippen LogP contribution in [0.5, 0.6) is 0 Å². The highest BCUT2D eigenvalue weighted by atomic mass is 32.2. The van der Waals surface area contributed by atoms with Gasteiger partial charge in [-0.2, -0.15) is 27.0 Å². The number of halogens is 1. The monoisotopic (exact) mass is 432 g/mol. The Bertz CT molecular complexity index is 629. The fraction of sp³-hybridized carbons (Fsp3) is 0.650. The Morgan fingerprint density at radius 1 is 1.26 bits per heavy atom.